The Morgan fingerprint density at radius 1 is 1.23 bits per heavy atom. The Kier molecular flexibility index (Phi) is 2.45. The van der Waals surface area contributed by atoms with Crippen LogP contribution in [0.5, 0.6) is 0 Å². The zero-order valence-corrected chi connectivity index (χ0v) is 9.09. The minimum atomic E-state index is -0.728. The van der Waals surface area contributed by atoms with Crippen molar-refractivity contribution in [1.29, 1.82) is 0 Å². The summed E-state index contributed by atoms with van der Waals surface area (Å²) in [5.74, 6) is -0.0765. The van der Waals surface area contributed by atoms with Crippen molar-refractivity contribution in [2.75, 3.05) is 5.73 Å². The molecule has 2 amide bonds. The molecule has 2 rings (SSSR count). The fourth-order valence-corrected chi connectivity index (χ4v) is 0.862. The molecule has 64 valence electrons. The van der Waals surface area contributed by atoms with Crippen LogP contribution < -0.4 is 22.1 Å². The molecule has 1 aromatic rings. The minimum absolute atomic E-state index is 0. The number of rotatable bonds is 0. The molecule has 3 N–H and O–H groups in total. The van der Waals surface area contributed by atoms with Gasteiger partial charge >= 0.3 is 6.03 Å². The predicted octanol–water partition coefficient (Wildman–Crippen LogP) is -2.66. The Balaban J connectivity index is 0.000000845. The third-order valence-electron chi connectivity index (χ3n) is 1.30. The van der Waals surface area contributed by atoms with Gasteiger partial charge in [-0.25, -0.2) is 4.79 Å². The number of nitrogens with two attached hydrogens (primary N) is 1. The predicted molar refractivity (Wildman–Crippen MR) is 42.7 cm³/mol. The molecule has 0 atom stereocenters. The molecule has 0 spiro atoms. The van der Waals surface area contributed by atoms with Crippen molar-refractivity contribution in [3.63, 3.8) is 0 Å². The Morgan fingerprint density at radius 3 is 2.62 bits per heavy atom. The first-order valence-electron chi connectivity index (χ1n) is 3.04. The van der Waals surface area contributed by atoms with Crippen molar-refractivity contribution >= 4 is 35.9 Å². The average molecular weight is 284 g/mol. The van der Waals surface area contributed by atoms with Crippen LogP contribution in [-0.4, -0.2) is 39.9 Å². The van der Waals surface area contributed by atoms with Gasteiger partial charge in [0.1, 0.15) is 0 Å². The van der Waals surface area contributed by atoms with E-state index in [4.69, 9.17) is 5.73 Å². The van der Waals surface area contributed by atoms with E-state index >= 15 is 0 Å². The number of aromatic amines is 1. The molecule has 0 aromatic carbocycles. The number of fused-ring (bicyclic) bond motifs is 1. The molecule has 4 radical (unpaired) electrons. The molecular formula is C5H3N5O2Sn. The zero-order chi connectivity index (χ0) is 8.72. The number of nitrogens with zero attached hydrogens (tertiary/aromatic N) is 3. The molecule has 0 aliphatic carbocycles. The van der Waals surface area contributed by atoms with Crippen LogP contribution in [0.1, 0.15) is 0 Å². The van der Waals surface area contributed by atoms with Gasteiger partial charge in [0.25, 0.3) is 5.56 Å². The third kappa shape index (κ3) is 1.59. The number of nitrogen functional groups attached to an aromatic ring is 1. The van der Waals surface area contributed by atoms with Crippen molar-refractivity contribution in [1.82, 2.24) is 9.97 Å². The van der Waals surface area contributed by atoms with E-state index in [1.54, 1.807) is 0 Å². The van der Waals surface area contributed by atoms with Crippen molar-refractivity contribution in [3.8, 4) is 0 Å². The van der Waals surface area contributed by atoms with Gasteiger partial charge in [-0.15, -0.1) is 0 Å². The number of nitrogens with one attached hydrogen (secondary N) is 1. The standard InChI is InChI=1S/C5H3N5O2.Sn/c6-4-8-2-1(3(11)10-4)7-5(12)9-2;/h(H3,6,8,9,10,11,12);. The van der Waals surface area contributed by atoms with Crippen LogP contribution >= 0.6 is 0 Å². The number of carbonyl (C=O) groups is 1. The van der Waals surface area contributed by atoms with E-state index < -0.39 is 11.6 Å². The molecule has 1 aliphatic rings. The maximum atomic E-state index is 11.0. The van der Waals surface area contributed by atoms with E-state index in [0.717, 1.165) is 0 Å². The van der Waals surface area contributed by atoms with Gasteiger partial charge in [0.15, 0.2) is 10.8 Å². The van der Waals surface area contributed by atoms with E-state index in [0.29, 0.717) is 0 Å². The fraction of sp³-hybridized carbons (Fsp3) is 0. The van der Waals surface area contributed by atoms with Gasteiger partial charge in [0, 0.05) is 23.9 Å². The van der Waals surface area contributed by atoms with Crippen LogP contribution in [0.4, 0.5) is 10.7 Å². The summed E-state index contributed by atoms with van der Waals surface area (Å²) < 4.78 is 0. The SMILES string of the molecule is Nc1nc2c(c(=O)[nH]1)=NC(=O)N=2.[Sn]. The van der Waals surface area contributed by atoms with Gasteiger partial charge in [0.2, 0.25) is 5.95 Å². The molecule has 0 saturated carbocycles. The number of urea groups is 1. The first kappa shape index (κ1) is 9.83. The Labute approximate surface area is 87.8 Å². The van der Waals surface area contributed by atoms with Gasteiger partial charge in [-0.05, 0) is 0 Å². The molecule has 0 fully saturated rings. The molecule has 0 saturated heterocycles. The second-order valence-corrected chi connectivity index (χ2v) is 2.13. The fourth-order valence-electron chi connectivity index (χ4n) is 0.862. The summed E-state index contributed by atoms with van der Waals surface area (Å²) in [5.41, 5.74) is 4.64. The average Bonchev–Trinajstić information content (AvgIpc) is 2.29. The Hall–Kier alpha value is -1.25. The summed E-state index contributed by atoms with van der Waals surface area (Å²) in [6.45, 7) is 0. The maximum Gasteiger partial charge on any atom is 0.370 e. The summed E-state index contributed by atoms with van der Waals surface area (Å²) in [7, 11) is 0. The van der Waals surface area contributed by atoms with Gasteiger partial charge in [-0.1, -0.05) is 0 Å². The second kappa shape index (κ2) is 3.24. The van der Waals surface area contributed by atoms with Crippen LogP contribution in [0.25, 0.3) is 0 Å². The van der Waals surface area contributed by atoms with Crippen molar-refractivity contribution < 1.29 is 4.79 Å². The summed E-state index contributed by atoms with van der Waals surface area (Å²) in [4.78, 5) is 34.1. The molecule has 0 unspecified atom stereocenters. The van der Waals surface area contributed by atoms with Crippen LogP contribution in [0.2, 0.25) is 0 Å². The smallest absolute Gasteiger partial charge is 0.369 e. The van der Waals surface area contributed by atoms with E-state index in [1.807, 2.05) is 0 Å². The van der Waals surface area contributed by atoms with Crippen LogP contribution in [-0.2, 0) is 0 Å². The van der Waals surface area contributed by atoms with Crippen LogP contribution in [0.15, 0.2) is 14.8 Å². The van der Waals surface area contributed by atoms with Gasteiger partial charge < -0.3 is 5.73 Å². The van der Waals surface area contributed by atoms with Crippen LogP contribution in [0.3, 0.4) is 0 Å². The first-order chi connectivity index (χ1) is 5.66. The molecule has 1 aromatic heterocycles. The van der Waals surface area contributed by atoms with Crippen molar-refractivity contribution in [2.24, 2.45) is 9.98 Å². The molecule has 7 nitrogen and oxygen atoms in total. The maximum absolute atomic E-state index is 11.0. The van der Waals surface area contributed by atoms with Gasteiger partial charge in [-0.3, -0.25) is 9.78 Å². The largest absolute Gasteiger partial charge is 0.370 e. The molecule has 1 aliphatic heterocycles. The monoisotopic (exact) mass is 285 g/mol. The molecular weight excluding hydrogens is 281 g/mol. The number of anilines is 1. The Bertz CT molecular complexity index is 533. The van der Waals surface area contributed by atoms with Gasteiger partial charge in [0.05, 0.1) is 0 Å². The van der Waals surface area contributed by atoms with E-state index in [1.165, 1.54) is 0 Å². The summed E-state index contributed by atoms with van der Waals surface area (Å²) in [6, 6.07) is -0.728. The zero-order valence-electron chi connectivity index (χ0n) is 6.24. The summed E-state index contributed by atoms with van der Waals surface area (Å²) in [6.07, 6.45) is 0. The Morgan fingerprint density at radius 2 is 1.92 bits per heavy atom. The number of H-pyrrole nitrogens is 1. The molecule has 8 heteroatoms. The second-order valence-electron chi connectivity index (χ2n) is 2.13. The number of hydrogen-bond donors (Lipinski definition) is 2. The summed E-state index contributed by atoms with van der Waals surface area (Å²) in [5, 5.41) is -0.0748. The van der Waals surface area contributed by atoms with E-state index in [2.05, 4.69) is 20.0 Å². The van der Waals surface area contributed by atoms with E-state index in [-0.39, 0.29) is 40.7 Å². The quantitative estimate of drug-likeness (QED) is 0.506. The topological polar surface area (TPSA) is 114 Å². The summed E-state index contributed by atoms with van der Waals surface area (Å²) >= 11 is 0. The van der Waals surface area contributed by atoms with Crippen molar-refractivity contribution in [3.05, 3.63) is 21.2 Å². The third-order valence-corrected chi connectivity index (χ3v) is 1.30. The minimum Gasteiger partial charge on any atom is -0.369 e. The van der Waals surface area contributed by atoms with E-state index in [9.17, 15) is 9.59 Å². The molecule has 13 heavy (non-hydrogen) atoms. The number of aromatic nitrogens is 2. The van der Waals surface area contributed by atoms with Gasteiger partial charge in [-0.2, -0.15) is 15.0 Å². The number of hydrogen-bond acceptors (Lipinski definition) is 4. The van der Waals surface area contributed by atoms with Crippen LogP contribution in [0, 0.1) is 0 Å². The first-order valence-corrected chi connectivity index (χ1v) is 3.04. The number of amides is 2. The van der Waals surface area contributed by atoms with Crippen molar-refractivity contribution in [2.45, 2.75) is 0 Å². The normalized spacial score (nSPS) is 12.5. The molecule has 2 heterocycles. The number of carbonyl (C=O) groups excluding carboxylic acids is 1. The molecule has 0 bridgehead atoms.